The molecule has 1 amide bonds. The first-order valence-electron chi connectivity index (χ1n) is 9.68. The van der Waals surface area contributed by atoms with Crippen LogP contribution in [0.1, 0.15) is 30.7 Å². The monoisotopic (exact) mass is 428 g/mol. The molecule has 30 heavy (non-hydrogen) atoms. The SMILES string of the molecule is O=C(C=Cc1c(F)cccc1F)Nc1ccc(Cl)c(-c2nnc3n2CCCCC3)c1. The van der Waals surface area contributed by atoms with Crippen LogP contribution in [-0.4, -0.2) is 20.7 Å². The molecule has 1 aromatic heterocycles. The zero-order valence-electron chi connectivity index (χ0n) is 16.0. The Kier molecular flexibility index (Phi) is 5.90. The fourth-order valence-electron chi connectivity index (χ4n) is 3.47. The lowest BCUT2D eigenvalue weighted by Crippen LogP contribution is -2.08. The molecule has 1 N–H and O–H groups in total. The summed E-state index contributed by atoms with van der Waals surface area (Å²) in [5, 5.41) is 11.8. The Bertz CT molecular complexity index is 1110. The summed E-state index contributed by atoms with van der Waals surface area (Å²) in [6.07, 6.45) is 6.33. The van der Waals surface area contributed by atoms with Gasteiger partial charge >= 0.3 is 0 Å². The Hall–Kier alpha value is -3.06. The average molecular weight is 429 g/mol. The molecule has 0 radical (unpaired) electrons. The highest BCUT2D eigenvalue weighted by molar-refractivity contribution is 6.33. The van der Waals surface area contributed by atoms with E-state index in [4.69, 9.17) is 11.6 Å². The summed E-state index contributed by atoms with van der Waals surface area (Å²) in [6.45, 7) is 0.821. The number of anilines is 1. The van der Waals surface area contributed by atoms with E-state index in [-0.39, 0.29) is 5.56 Å². The number of carbonyl (C=O) groups excluding carboxylic acids is 1. The first-order chi connectivity index (χ1) is 14.5. The maximum atomic E-state index is 13.7. The van der Waals surface area contributed by atoms with Gasteiger partial charge in [0, 0.05) is 35.9 Å². The van der Waals surface area contributed by atoms with Gasteiger partial charge in [-0.15, -0.1) is 10.2 Å². The molecule has 0 bridgehead atoms. The van der Waals surface area contributed by atoms with Crippen LogP contribution in [0.15, 0.2) is 42.5 Å². The molecule has 2 heterocycles. The van der Waals surface area contributed by atoms with Crippen LogP contribution in [0.4, 0.5) is 14.5 Å². The standard InChI is InChI=1S/C22H19ClF2N4O/c23-17-10-8-14(26-21(30)11-9-15-18(24)5-4-6-19(15)25)13-16(17)22-28-27-20-7-2-1-3-12-29(20)22/h4-6,8-11,13H,1-3,7,12H2,(H,26,30). The van der Waals surface area contributed by atoms with E-state index in [0.717, 1.165) is 62.3 Å². The summed E-state index contributed by atoms with van der Waals surface area (Å²) >= 11 is 6.39. The summed E-state index contributed by atoms with van der Waals surface area (Å²) in [5.41, 5.74) is 0.888. The van der Waals surface area contributed by atoms with E-state index in [9.17, 15) is 13.6 Å². The molecule has 0 atom stereocenters. The second-order valence-electron chi connectivity index (χ2n) is 7.05. The third-order valence-corrected chi connectivity index (χ3v) is 5.31. The van der Waals surface area contributed by atoms with Gasteiger partial charge in [-0.05, 0) is 49.2 Å². The Balaban J connectivity index is 1.56. The zero-order valence-corrected chi connectivity index (χ0v) is 16.8. The van der Waals surface area contributed by atoms with Crippen molar-refractivity contribution in [3.05, 3.63) is 70.5 Å². The van der Waals surface area contributed by atoms with Gasteiger partial charge < -0.3 is 9.88 Å². The molecule has 8 heteroatoms. The number of benzene rings is 2. The molecule has 0 saturated heterocycles. The number of aromatic nitrogens is 3. The number of carbonyl (C=O) groups is 1. The van der Waals surface area contributed by atoms with Crippen LogP contribution in [0.5, 0.6) is 0 Å². The summed E-state index contributed by atoms with van der Waals surface area (Å²) in [7, 11) is 0. The molecule has 4 rings (SSSR count). The van der Waals surface area contributed by atoms with Gasteiger partial charge in [-0.25, -0.2) is 8.78 Å². The molecule has 154 valence electrons. The Morgan fingerprint density at radius 2 is 1.90 bits per heavy atom. The normalized spacial score (nSPS) is 13.8. The number of hydrogen-bond acceptors (Lipinski definition) is 3. The summed E-state index contributed by atoms with van der Waals surface area (Å²) in [4.78, 5) is 12.3. The topological polar surface area (TPSA) is 59.8 Å². The second kappa shape index (κ2) is 8.75. The third kappa shape index (κ3) is 4.26. The van der Waals surface area contributed by atoms with Crippen molar-refractivity contribution in [2.24, 2.45) is 0 Å². The third-order valence-electron chi connectivity index (χ3n) is 4.99. The van der Waals surface area contributed by atoms with Crippen LogP contribution in [0.25, 0.3) is 17.5 Å². The minimum Gasteiger partial charge on any atom is -0.322 e. The highest BCUT2D eigenvalue weighted by Crippen LogP contribution is 2.31. The molecule has 0 saturated carbocycles. The van der Waals surface area contributed by atoms with Gasteiger partial charge in [-0.2, -0.15) is 0 Å². The molecule has 0 unspecified atom stereocenters. The Morgan fingerprint density at radius 3 is 2.70 bits per heavy atom. The molecule has 0 spiro atoms. The van der Waals surface area contributed by atoms with Crippen LogP contribution >= 0.6 is 11.6 Å². The minimum atomic E-state index is -0.736. The van der Waals surface area contributed by atoms with Crippen LogP contribution in [-0.2, 0) is 17.8 Å². The number of halogens is 3. The average Bonchev–Trinajstić information content (AvgIpc) is 2.96. The number of nitrogens with zero attached hydrogens (tertiary/aromatic N) is 3. The van der Waals surface area contributed by atoms with Crippen molar-refractivity contribution in [3.8, 4) is 11.4 Å². The summed E-state index contributed by atoms with van der Waals surface area (Å²) in [6, 6.07) is 8.58. The van der Waals surface area contributed by atoms with E-state index in [0.29, 0.717) is 22.1 Å². The molecule has 3 aromatic rings. The highest BCUT2D eigenvalue weighted by atomic mass is 35.5. The van der Waals surface area contributed by atoms with Crippen molar-refractivity contribution in [2.45, 2.75) is 32.2 Å². The van der Waals surface area contributed by atoms with E-state index in [1.165, 1.54) is 6.07 Å². The van der Waals surface area contributed by atoms with Gasteiger partial charge in [0.1, 0.15) is 17.5 Å². The maximum Gasteiger partial charge on any atom is 0.248 e. The van der Waals surface area contributed by atoms with E-state index < -0.39 is 17.5 Å². The van der Waals surface area contributed by atoms with Gasteiger partial charge in [0.15, 0.2) is 5.82 Å². The van der Waals surface area contributed by atoms with Gasteiger partial charge in [0.25, 0.3) is 0 Å². The number of fused-ring (bicyclic) bond motifs is 1. The molecular weight excluding hydrogens is 410 g/mol. The van der Waals surface area contributed by atoms with Gasteiger partial charge in [0.2, 0.25) is 5.91 Å². The molecule has 5 nitrogen and oxygen atoms in total. The van der Waals surface area contributed by atoms with Crippen LogP contribution < -0.4 is 5.32 Å². The van der Waals surface area contributed by atoms with Crippen molar-refractivity contribution in [1.29, 1.82) is 0 Å². The van der Waals surface area contributed by atoms with Crippen molar-refractivity contribution < 1.29 is 13.6 Å². The fourth-order valence-corrected chi connectivity index (χ4v) is 3.67. The number of hydrogen-bond donors (Lipinski definition) is 1. The maximum absolute atomic E-state index is 13.7. The van der Waals surface area contributed by atoms with Crippen molar-refractivity contribution in [1.82, 2.24) is 14.8 Å². The number of amides is 1. The lowest BCUT2D eigenvalue weighted by molar-refractivity contribution is -0.111. The predicted octanol–water partition coefficient (Wildman–Crippen LogP) is 5.26. The molecule has 0 aliphatic carbocycles. The Labute approximate surface area is 177 Å². The van der Waals surface area contributed by atoms with E-state index >= 15 is 0 Å². The van der Waals surface area contributed by atoms with E-state index in [1.54, 1.807) is 18.2 Å². The van der Waals surface area contributed by atoms with E-state index in [1.807, 2.05) is 0 Å². The van der Waals surface area contributed by atoms with Crippen LogP contribution in [0.2, 0.25) is 5.02 Å². The zero-order chi connectivity index (χ0) is 21.1. The quantitative estimate of drug-likeness (QED) is 0.577. The molecule has 2 aromatic carbocycles. The van der Waals surface area contributed by atoms with Gasteiger partial charge in [-0.1, -0.05) is 24.1 Å². The molecular formula is C22H19ClF2N4O. The number of rotatable bonds is 4. The van der Waals surface area contributed by atoms with Crippen LogP contribution in [0, 0.1) is 11.6 Å². The molecule has 0 fully saturated rings. The van der Waals surface area contributed by atoms with Crippen molar-refractivity contribution >= 4 is 29.3 Å². The van der Waals surface area contributed by atoms with E-state index in [2.05, 4.69) is 20.1 Å². The molecule has 1 aliphatic heterocycles. The molecule has 1 aliphatic rings. The summed E-state index contributed by atoms with van der Waals surface area (Å²) < 4.78 is 29.5. The summed E-state index contributed by atoms with van der Waals surface area (Å²) in [5.74, 6) is -0.397. The first-order valence-corrected chi connectivity index (χ1v) is 10.1. The second-order valence-corrected chi connectivity index (χ2v) is 7.46. The van der Waals surface area contributed by atoms with Crippen LogP contribution in [0.3, 0.4) is 0 Å². The minimum absolute atomic E-state index is 0.268. The first kappa shape index (κ1) is 20.2. The lowest BCUT2D eigenvalue weighted by atomic mass is 10.1. The largest absolute Gasteiger partial charge is 0.322 e. The predicted molar refractivity (Wildman–Crippen MR) is 112 cm³/mol. The van der Waals surface area contributed by atoms with Gasteiger partial charge in [0.05, 0.1) is 5.02 Å². The smallest absolute Gasteiger partial charge is 0.248 e. The lowest BCUT2D eigenvalue weighted by Gasteiger charge is -2.10. The van der Waals surface area contributed by atoms with Gasteiger partial charge in [-0.3, -0.25) is 4.79 Å². The number of nitrogens with one attached hydrogen (secondary N) is 1. The Morgan fingerprint density at radius 1 is 1.10 bits per heavy atom. The van der Waals surface area contributed by atoms with Crippen molar-refractivity contribution in [3.63, 3.8) is 0 Å². The number of aryl methyl sites for hydroxylation is 1. The van der Waals surface area contributed by atoms with Crippen molar-refractivity contribution in [2.75, 3.05) is 5.32 Å². The highest BCUT2D eigenvalue weighted by Gasteiger charge is 2.18. The fraction of sp³-hybridized carbons (Fsp3) is 0.227.